The summed E-state index contributed by atoms with van der Waals surface area (Å²) in [5.41, 5.74) is 0.667. The summed E-state index contributed by atoms with van der Waals surface area (Å²) in [5, 5.41) is 9.60. The zero-order valence-electron chi connectivity index (χ0n) is 14.7. The Labute approximate surface area is 147 Å². The average Bonchev–Trinajstić information content (AvgIpc) is 3.01. The number of amides is 1. The largest absolute Gasteiger partial charge is 0.496 e. The standard InChI is InChI=1S/C19H25NO5/c1-24-16-8-5-9-17(25-2)13(16)11-18(21)20-14-7-4-3-6-12(14)10-15(20)19(22)23/h5,8-9,12,14-15H,3-4,6-7,10-11H2,1-2H3,(H,22,23). The fourth-order valence-electron chi connectivity index (χ4n) is 4.38. The molecule has 6 nitrogen and oxygen atoms in total. The second-order valence-electron chi connectivity index (χ2n) is 6.82. The van der Waals surface area contributed by atoms with Crippen LogP contribution in [0.2, 0.25) is 0 Å². The number of carboxylic acids is 1. The van der Waals surface area contributed by atoms with Gasteiger partial charge in [-0.3, -0.25) is 4.79 Å². The van der Waals surface area contributed by atoms with E-state index in [-0.39, 0.29) is 18.4 Å². The number of aliphatic carboxylic acids is 1. The van der Waals surface area contributed by atoms with E-state index in [1.807, 2.05) is 0 Å². The number of hydrogen-bond acceptors (Lipinski definition) is 4. The first-order chi connectivity index (χ1) is 12.1. The van der Waals surface area contributed by atoms with Crippen molar-refractivity contribution in [3.63, 3.8) is 0 Å². The lowest BCUT2D eigenvalue weighted by atomic mass is 9.84. The second kappa shape index (κ2) is 7.33. The van der Waals surface area contributed by atoms with E-state index in [1.165, 1.54) is 0 Å². The van der Waals surface area contributed by atoms with Crippen molar-refractivity contribution in [2.45, 2.75) is 50.6 Å². The SMILES string of the molecule is COc1cccc(OC)c1CC(=O)N1C(C(=O)O)CC2CCCCC21. The molecule has 1 aromatic rings. The Morgan fingerprint density at radius 1 is 1.16 bits per heavy atom. The van der Waals surface area contributed by atoms with Gasteiger partial charge in [0.25, 0.3) is 0 Å². The number of likely N-dealkylation sites (tertiary alicyclic amines) is 1. The molecule has 1 N–H and O–H groups in total. The Balaban J connectivity index is 1.88. The Morgan fingerprint density at radius 3 is 2.40 bits per heavy atom. The van der Waals surface area contributed by atoms with E-state index in [4.69, 9.17) is 9.47 Å². The molecule has 1 saturated carbocycles. The Kier molecular flexibility index (Phi) is 5.16. The van der Waals surface area contributed by atoms with Gasteiger partial charge in [-0.1, -0.05) is 18.9 Å². The van der Waals surface area contributed by atoms with Gasteiger partial charge < -0.3 is 19.5 Å². The summed E-state index contributed by atoms with van der Waals surface area (Å²) in [5.74, 6) is 0.399. The number of rotatable bonds is 5. The van der Waals surface area contributed by atoms with Crippen LogP contribution in [0, 0.1) is 5.92 Å². The molecule has 1 aliphatic heterocycles. The highest BCUT2D eigenvalue weighted by Gasteiger charge is 2.47. The summed E-state index contributed by atoms with van der Waals surface area (Å²) in [4.78, 5) is 26.4. The molecule has 2 aliphatic rings. The van der Waals surface area contributed by atoms with Gasteiger partial charge in [0.1, 0.15) is 17.5 Å². The summed E-state index contributed by atoms with van der Waals surface area (Å²) >= 11 is 0. The molecule has 136 valence electrons. The number of methoxy groups -OCH3 is 2. The number of benzene rings is 1. The molecule has 1 aliphatic carbocycles. The molecule has 1 heterocycles. The van der Waals surface area contributed by atoms with Gasteiger partial charge in [0, 0.05) is 11.6 Å². The van der Waals surface area contributed by atoms with E-state index in [9.17, 15) is 14.7 Å². The molecule has 0 spiro atoms. The van der Waals surface area contributed by atoms with E-state index in [1.54, 1.807) is 37.3 Å². The van der Waals surface area contributed by atoms with Crippen LogP contribution in [0.15, 0.2) is 18.2 Å². The minimum absolute atomic E-state index is 0.0445. The Hall–Kier alpha value is -2.24. The monoisotopic (exact) mass is 347 g/mol. The summed E-state index contributed by atoms with van der Waals surface area (Å²) in [6, 6.07) is 4.70. The van der Waals surface area contributed by atoms with Crippen molar-refractivity contribution in [1.82, 2.24) is 4.90 Å². The molecule has 3 rings (SSSR count). The van der Waals surface area contributed by atoms with Crippen LogP contribution < -0.4 is 9.47 Å². The maximum Gasteiger partial charge on any atom is 0.326 e. The van der Waals surface area contributed by atoms with E-state index in [2.05, 4.69) is 0 Å². The zero-order chi connectivity index (χ0) is 18.0. The first-order valence-electron chi connectivity index (χ1n) is 8.80. The van der Waals surface area contributed by atoms with Crippen LogP contribution in [0.4, 0.5) is 0 Å². The highest BCUT2D eigenvalue weighted by Crippen LogP contribution is 2.40. The van der Waals surface area contributed by atoms with Crippen molar-refractivity contribution < 1.29 is 24.2 Å². The molecular formula is C19H25NO5. The molecule has 3 unspecified atom stereocenters. The first kappa shape index (κ1) is 17.6. The topological polar surface area (TPSA) is 76.1 Å². The molecule has 0 aromatic heterocycles. The summed E-state index contributed by atoms with van der Waals surface area (Å²) in [6.07, 6.45) is 4.72. The summed E-state index contributed by atoms with van der Waals surface area (Å²) in [7, 11) is 3.10. The number of hydrogen-bond donors (Lipinski definition) is 1. The van der Waals surface area contributed by atoms with Crippen LogP contribution in [-0.2, 0) is 16.0 Å². The third-order valence-electron chi connectivity index (χ3n) is 5.52. The quantitative estimate of drug-likeness (QED) is 0.886. The minimum atomic E-state index is -0.908. The lowest BCUT2D eigenvalue weighted by Crippen LogP contribution is -2.46. The van der Waals surface area contributed by atoms with Gasteiger partial charge >= 0.3 is 5.97 Å². The lowest BCUT2D eigenvalue weighted by molar-refractivity contribution is -0.149. The maximum absolute atomic E-state index is 13.1. The van der Waals surface area contributed by atoms with Crippen molar-refractivity contribution in [2.24, 2.45) is 5.92 Å². The summed E-state index contributed by atoms with van der Waals surface area (Å²) < 4.78 is 10.7. The molecule has 1 aromatic carbocycles. The Morgan fingerprint density at radius 2 is 1.80 bits per heavy atom. The molecule has 0 bridgehead atoms. The van der Waals surface area contributed by atoms with Crippen LogP contribution in [0.5, 0.6) is 11.5 Å². The number of fused-ring (bicyclic) bond motifs is 1. The number of carboxylic acid groups (broad SMARTS) is 1. The van der Waals surface area contributed by atoms with Crippen molar-refractivity contribution >= 4 is 11.9 Å². The lowest BCUT2D eigenvalue weighted by Gasteiger charge is -2.33. The van der Waals surface area contributed by atoms with Crippen LogP contribution in [-0.4, -0.2) is 48.2 Å². The highest BCUT2D eigenvalue weighted by atomic mass is 16.5. The third-order valence-corrected chi connectivity index (χ3v) is 5.52. The number of carbonyl (C=O) groups is 2. The molecule has 6 heteroatoms. The smallest absolute Gasteiger partial charge is 0.326 e. The molecule has 2 fully saturated rings. The molecule has 1 amide bonds. The van der Waals surface area contributed by atoms with Crippen molar-refractivity contribution in [3.8, 4) is 11.5 Å². The normalized spacial score (nSPS) is 25.4. The van der Waals surface area contributed by atoms with Gasteiger partial charge in [0.15, 0.2) is 0 Å². The van der Waals surface area contributed by atoms with E-state index in [0.29, 0.717) is 29.4 Å². The maximum atomic E-state index is 13.1. The molecule has 1 saturated heterocycles. The van der Waals surface area contributed by atoms with Gasteiger partial charge in [0.2, 0.25) is 5.91 Å². The van der Waals surface area contributed by atoms with Crippen molar-refractivity contribution in [1.29, 1.82) is 0 Å². The minimum Gasteiger partial charge on any atom is -0.496 e. The van der Waals surface area contributed by atoms with Gasteiger partial charge in [-0.25, -0.2) is 4.79 Å². The first-order valence-corrected chi connectivity index (χ1v) is 8.80. The fraction of sp³-hybridized carbons (Fsp3) is 0.579. The van der Waals surface area contributed by atoms with E-state index in [0.717, 1.165) is 25.7 Å². The van der Waals surface area contributed by atoms with Gasteiger partial charge in [0.05, 0.1) is 20.6 Å². The van der Waals surface area contributed by atoms with Crippen LogP contribution in [0.3, 0.4) is 0 Å². The Bertz CT molecular complexity index is 637. The highest BCUT2D eigenvalue weighted by molar-refractivity contribution is 5.87. The second-order valence-corrected chi connectivity index (χ2v) is 6.82. The van der Waals surface area contributed by atoms with Crippen LogP contribution >= 0.6 is 0 Å². The zero-order valence-corrected chi connectivity index (χ0v) is 14.7. The predicted octanol–water partition coefficient (Wildman–Crippen LogP) is 2.49. The van der Waals surface area contributed by atoms with Crippen molar-refractivity contribution in [2.75, 3.05) is 14.2 Å². The molecular weight excluding hydrogens is 322 g/mol. The van der Waals surface area contributed by atoms with E-state index >= 15 is 0 Å². The molecule has 25 heavy (non-hydrogen) atoms. The van der Waals surface area contributed by atoms with Crippen LogP contribution in [0.25, 0.3) is 0 Å². The molecule has 3 atom stereocenters. The fourth-order valence-corrected chi connectivity index (χ4v) is 4.38. The number of carbonyl (C=O) groups excluding carboxylic acids is 1. The van der Waals surface area contributed by atoms with Gasteiger partial charge in [-0.05, 0) is 37.3 Å². The van der Waals surface area contributed by atoms with Crippen LogP contribution in [0.1, 0.15) is 37.7 Å². The third kappa shape index (κ3) is 3.30. The predicted molar refractivity (Wildman–Crippen MR) is 91.9 cm³/mol. The van der Waals surface area contributed by atoms with E-state index < -0.39 is 12.0 Å². The summed E-state index contributed by atoms with van der Waals surface area (Å²) in [6.45, 7) is 0. The van der Waals surface area contributed by atoms with Gasteiger partial charge in [-0.2, -0.15) is 0 Å². The molecule has 0 radical (unpaired) electrons. The number of ether oxygens (including phenoxy) is 2. The average molecular weight is 347 g/mol. The van der Waals surface area contributed by atoms with Gasteiger partial charge in [-0.15, -0.1) is 0 Å². The number of nitrogens with zero attached hydrogens (tertiary/aromatic N) is 1. The van der Waals surface area contributed by atoms with Crippen molar-refractivity contribution in [3.05, 3.63) is 23.8 Å².